The van der Waals surface area contributed by atoms with Gasteiger partial charge in [0.1, 0.15) is 5.00 Å². The summed E-state index contributed by atoms with van der Waals surface area (Å²) in [5.41, 5.74) is 5.27. The highest BCUT2D eigenvalue weighted by molar-refractivity contribution is 7.10. The molecule has 0 radical (unpaired) electrons. The zero-order valence-electron chi connectivity index (χ0n) is 18.2. The van der Waals surface area contributed by atoms with Crippen LogP contribution in [-0.4, -0.2) is 46.9 Å². The molecule has 0 aliphatic carbocycles. The van der Waals surface area contributed by atoms with Gasteiger partial charge in [-0.15, -0.1) is 0 Å². The summed E-state index contributed by atoms with van der Waals surface area (Å²) in [6.07, 6.45) is 11.0. The third-order valence-electron chi connectivity index (χ3n) is 5.86. The maximum atomic E-state index is 4.80. The van der Waals surface area contributed by atoms with Crippen LogP contribution >= 0.6 is 11.5 Å². The van der Waals surface area contributed by atoms with Gasteiger partial charge in [0.05, 0.1) is 29.5 Å². The van der Waals surface area contributed by atoms with Crippen LogP contribution in [0.3, 0.4) is 0 Å². The van der Waals surface area contributed by atoms with Gasteiger partial charge in [-0.25, -0.2) is 9.97 Å². The summed E-state index contributed by atoms with van der Waals surface area (Å²) in [5, 5.41) is 11.4. The summed E-state index contributed by atoms with van der Waals surface area (Å²) in [4.78, 5) is 12.0. The number of likely N-dealkylation sites (tertiary alicyclic amines) is 1. The number of nitrogens with zero attached hydrogens (tertiary/aromatic N) is 6. The summed E-state index contributed by atoms with van der Waals surface area (Å²) < 4.78 is 6.77. The fraction of sp³-hybridized carbons (Fsp3) is 0.455. The summed E-state index contributed by atoms with van der Waals surface area (Å²) >= 11 is 1.48. The molecule has 0 spiro atoms. The van der Waals surface area contributed by atoms with E-state index in [0.717, 1.165) is 65.2 Å². The van der Waals surface area contributed by atoms with Gasteiger partial charge >= 0.3 is 0 Å². The number of nitrogens with one attached hydrogen (secondary N) is 2. The van der Waals surface area contributed by atoms with E-state index in [1.807, 2.05) is 18.6 Å². The average molecular weight is 437 g/mol. The van der Waals surface area contributed by atoms with Crippen LogP contribution < -0.4 is 5.32 Å². The maximum Gasteiger partial charge on any atom is 0.180 e. The van der Waals surface area contributed by atoms with Crippen molar-refractivity contribution in [2.75, 3.05) is 18.4 Å². The molecule has 2 N–H and O–H groups in total. The number of hydrogen-bond donors (Lipinski definition) is 2. The first-order valence-electron chi connectivity index (χ1n) is 10.8. The second kappa shape index (κ2) is 8.05. The molecule has 4 aromatic rings. The Kier molecular flexibility index (Phi) is 5.23. The largest absolute Gasteiger partial charge is 0.328 e. The minimum absolute atomic E-state index is 0.388. The van der Waals surface area contributed by atoms with E-state index < -0.39 is 0 Å². The Hall–Kier alpha value is -2.78. The van der Waals surface area contributed by atoms with Gasteiger partial charge in [0, 0.05) is 31.0 Å². The number of anilines is 2. The van der Waals surface area contributed by atoms with Gasteiger partial charge in [0.2, 0.25) is 0 Å². The van der Waals surface area contributed by atoms with E-state index in [0.29, 0.717) is 5.41 Å². The van der Waals surface area contributed by atoms with Crippen LogP contribution in [0, 0.1) is 5.41 Å². The zero-order chi connectivity index (χ0) is 21.4. The van der Waals surface area contributed by atoms with Crippen molar-refractivity contribution in [3.8, 4) is 11.3 Å². The second-order valence-corrected chi connectivity index (χ2v) is 9.85. The predicted octanol–water partition coefficient (Wildman–Crippen LogP) is 4.50. The molecule has 1 fully saturated rings. The smallest absolute Gasteiger partial charge is 0.180 e. The number of H-pyrrole nitrogens is 1. The first-order chi connectivity index (χ1) is 15.0. The summed E-state index contributed by atoms with van der Waals surface area (Å²) in [5.74, 6) is 0.753. The van der Waals surface area contributed by atoms with Gasteiger partial charge in [-0.1, -0.05) is 20.8 Å². The lowest BCUT2D eigenvalue weighted by Crippen LogP contribution is -2.39. The highest BCUT2D eigenvalue weighted by Gasteiger charge is 2.26. The van der Waals surface area contributed by atoms with Crippen LogP contribution in [0.2, 0.25) is 0 Å². The lowest BCUT2D eigenvalue weighted by Gasteiger charge is -2.37. The number of aromatic nitrogens is 6. The number of fused-ring (bicyclic) bond motifs is 1. The third kappa shape index (κ3) is 4.20. The molecule has 5 heterocycles. The van der Waals surface area contributed by atoms with Crippen molar-refractivity contribution in [3.05, 3.63) is 42.2 Å². The molecule has 162 valence electrons. The molecule has 9 heteroatoms. The minimum Gasteiger partial charge on any atom is -0.328 e. The van der Waals surface area contributed by atoms with Crippen LogP contribution in [0.4, 0.5) is 10.8 Å². The van der Waals surface area contributed by atoms with E-state index in [2.05, 4.69) is 56.6 Å². The van der Waals surface area contributed by atoms with E-state index in [4.69, 9.17) is 9.36 Å². The van der Waals surface area contributed by atoms with Gasteiger partial charge in [0.15, 0.2) is 11.5 Å². The second-order valence-electron chi connectivity index (χ2n) is 9.04. The van der Waals surface area contributed by atoms with Crippen LogP contribution in [-0.2, 0) is 13.0 Å². The average Bonchev–Trinajstić information content (AvgIpc) is 3.47. The van der Waals surface area contributed by atoms with E-state index in [1.54, 1.807) is 6.20 Å². The van der Waals surface area contributed by atoms with E-state index in [1.165, 1.54) is 24.4 Å². The molecule has 0 amide bonds. The number of imidazole rings is 1. The lowest BCUT2D eigenvalue weighted by molar-refractivity contribution is 0.111. The summed E-state index contributed by atoms with van der Waals surface area (Å²) in [7, 11) is 0. The van der Waals surface area contributed by atoms with Gasteiger partial charge in [-0.05, 0) is 48.8 Å². The molecule has 4 aromatic heterocycles. The highest BCUT2D eigenvalue weighted by atomic mass is 32.1. The molecule has 8 nitrogen and oxygen atoms in total. The molecule has 1 saturated heterocycles. The summed E-state index contributed by atoms with van der Waals surface area (Å²) in [6, 6.07) is 2.14. The molecule has 0 saturated carbocycles. The summed E-state index contributed by atoms with van der Waals surface area (Å²) in [6.45, 7) is 9.99. The lowest BCUT2D eigenvalue weighted by atomic mass is 9.84. The van der Waals surface area contributed by atoms with Crippen molar-refractivity contribution in [1.82, 2.24) is 33.8 Å². The van der Waals surface area contributed by atoms with E-state index >= 15 is 0 Å². The van der Waals surface area contributed by atoms with Gasteiger partial charge in [-0.3, -0.25) is 14.4 Å². The SMILES string of the molecule is CCc1cn2c(-c3cn[nH]c3)cnc2c(Nc2cc(CN3CCCC(C)(C)C3)ns2)n1. The maximum absolute atomic E-state index is 4.80. The van der Waals surface area contributed by atoms with Crippen molar-refractivity contribution in [2.24, 2.45) is 5.41 Å². The van der Waals surface area contributed by atoms with Crippen molar-refractivity contribution in [2.45, 2.75) is 46.6 Å². The number of aryl methyl sites for hydroxylation is 1. The standard InChI is InChI=1S/C22H28N8S/c1-4-16-13-30-18(15-9-24-25-10-15)11-23-21(30)20(26-16)27-19-8-17(28-31-19)12-29-7-5-6-22(2,3)14-29/h8-11,13H,4-7,12,14H2,1-3H3,(H,24,25)(H,26,27). The Morgan fingerprint density at radius 1 is 1.26 bits per heavy atom. The molecule has 0 bridgehead atoms. The first-order valence-corrected chi connectivity index (χ1v) is 11.6. The quantitative estimate of drug-likeness (QED) is 0.463. The van der Waals surface area contributed by atoms with Crippen molar-refractivity contribution in [1.29, 1.82) is 0 Å². The third-order valence-corrected chi connectivity index (χ3v) is 6.61. The fourth-order valence-electron chi connectivity index (χ4n) is 4.37. The van der Waals surface area contributed by atoms with Crippen molar-refractivity contribution < 1.29 is 0 Å². The van der Waals surface area contributed by atoms with E-state index in [-0.39, 0.29) is 0 Å². The molecule has 1 aliphatic heterocycles. The van der Waals surface area contributed by atoms with Crippen LogP contribution in [0.5, 0.6) is 0 Å². The van der Waals surface area contributed by atoms with Gasteiger partial charge < -0.3 is 5.32 Å². The number of hydrogen-bond acceptors (Lipinski definition) is 7. The minimum atomic E-state index is 0.388. The highest BCUT2D eigenvalue weighted by Crippen LogP contribution is 2.31. The predicted molar refractivity (Wildman–Crippen MR) is 124 cm³/mol. The Balaban J connectivity index is 1.39. The van der Waals surface area contributed by atoms with Gasteiger partial charge in [0.25, 0.3) is 0 Å². The van der Waals surface area contributed by atoms with Gasteiger partial charge in [-0.2, -0.15) is 9.47 Å². The first kappa shape index (κ1) is 20.1. The molecule has 31 heavy (non-hydrogen) atoms. The Morgan fingerprint density at radius 2 is 2.16 bits per heavy atom. The van der Waals surface area contributed by atoms with Crippen LogP contribution in [0.1, 0.15) is 45.0 Å². The van der Waals surface area contributed by atoms with Crippen LogP contribution in [0.25, 0.3) is 16.9 Å². The normalized spacial score (nSPS) is 16.7. The van der Waals surface area contributed by atoms with Crippen molar-refractivity contribution >= 4 is 28.0 Å². The molecule has 5 rings (SSSR count). The molecular weight excluding hydrogens is 408 g/mol. The fourth-order valence-corrected chi connectivity index (χ4v) is 5.02. The Morgan fingerprint density at radius 3 is 2.94 bits per heavy atom. The van der Waals surface area contributed by atoms with Crippen LogP contribution in [0.15, 0.2) is 30.9 Å². The molecule has 0 aromatic carbocycles. The topological polar surface area (TPSA) is 87.0 Å². The van der Waals surface area contributed by atoms with E-state index in [9.17, 15) is 0 Å². The molecule has 1 aliphatic rings. The monoisotopic (exact) mass is 436 g/mol. The Bertz CT molecular complexity index is 1170. The number of rotatable bonds is 6. The number of aromatic amines is 1. The zero-order valence-corrected chi connectivity index (χ0v) is 19.0. The Labute approximate surface area is 185 Å². The molecular formula is C22H28N8S. The molecule has 0 atom stereocenters. The molecule has 0 unspecified atom stereocenters. The van der Waals surface area contributed by atoms with Crippen molar-refractivity contribution in [3.63, 3.8) is 0 Å². The number of piperidine rings is 1.